The van der Waals surface area contributed by atoms with Gasteiger partial charge >= 0.3 is 0 Å². The van der Waals surface area contributed by atoms with Gasteiger partial charge in [0.25, 0.3) is 5.91 Å². The highest BCUT2D eigenvalue weighted by atomic mass is 35.5. The van der Waals surface area contributed by atoms with Crippen molar-refractivity contribution in [2.24, 2.45) is 0 Å². The molecule has 1 aromatic heterocycles. The van der Waals surface area contributed by atoms with Crippen molar-refractivity contribution in [2.45, 2.75) is 37.7 Å². The highest BCUT2D eigenvalue weighted by Gasteiger charge is 2.29. The molecule has 0 radical (unpaired) electrons. The van der Waals surface area contributed by atoms with Gasteiger partial charge in [0.2, 0.25) is 5.88 Å². The topological polar surface area (TPSA) is 74.7 Å². The number of nitrogens with one attached hydrogen (secondary N) is 1. The number of nitrogens with zero attached hydrogens (tertiary/aromatic N) is 2. The highest BCUT2D eigenvalue weighted by molar-refractivity contribution is 6.33. The van der Waals surface area contributed by atoms with E-state index in [0.29, 0.717) is 35.1 Å². The fraction of sp³-hybridized carbons (Fsp3) is 0.429. The Morgan fingerprint density at radius 3 is 2.71 bits per heavy atom. The smallest absolute Gasteiger partial charge is 0.253 e. The summed E-state index contributed by atoms with van der Waals surface area (Å²) >= 11 is 6.22. The van der Waals surface area contributed by atoms with Gasteiger partial charge in [-0.05, 0) is 37.1 Å². The van der Waals surface area contributed by atoms with Crippen molar-refractivity contribution < 1.29 is 14.6 Å². The van der Waals surface area contributed by atoms with Gasteiger partial charge in [0.15, 0.2) is 0 Å². The van der Waals surface area contributed by atoms with Gasteiger partial charge in [0.05, 0.1) is 16.2 Å². The summed E-state index contributed by atoms with van der Waals surface area (Å²) in [5.74, 6) is 1.33. The third kappa shape index (κ3) is 5.14. The maximum Gasteiger partial charge on any atom is 0.253 e. The Morgan fingerprint density at radius 2 is 2.00 bits per heavy atom. The monoisotopic (exact) mass is 403 g/mol. The number of pyridine rings is 1. The maximum atomic E-state index is 12.6. The van der Waals surface area contributed by atoms with E-state index in [-0.39, 0.29) is 12.5 Å². The summed E-state index contributed by atoms with van der Waals surface area (Å²) in [5, 5.41) is 13.7. The van der Waals surface area contributed by atoms with Crippen LogP contribution in [0.5, 0.6) is 11.6 Å². The Hall–Kier alpha value is -2.31. The maximum absolute atomic E-state index is 12.6. The number of rotatable bonds is 6. The number of carbonyl (C=O) groups excluding carboxylic acids is 1. The number of benzene rings is 1. The van der Waals surface area contributed by atoms with E-state index in [1.165, 1.54) is 0 Å². The molecule has 1 aliphatic rings. The Bertz CT molecular complexity index is 835. The molecule has 7 heteroatoms. The van der Waals surface area contributed by atoms with Gasteiger partial charge in [0, 0.05) is 26.7 Å². The Balaban J connectivity index is 1.70. The molecule has 2 N–H and O–H groups in total. The Morgan fingerprint density at radius 1 is 1.25 bits per heavy atom. The molecule has 0 unspecified atom stereocenters. The lowest BCUT2D eigenvalue weighted by Gasteiger charge is -2.32. The quantitative estimate of drug-likeness (QED) is 0.762. The van der Waals surface area contributed by atoms with Crippen LogP contribution >= 0.6 is 11.6 Å². The van der Waals surface area contributed by atoms with E-state index in [1.807, 2.05) is 31.1 Å². The predicted molar refractivity (Wildman–Crippen MR) is 110 cm³/mol. The van der Waals surface area contributed by atoms with Gasteiger partial charge < -0.3 is 20.1 Å². The number of carbonyl (C=O) groups is 1. The fourth-order valence-electron chi connectivity index (χ4n) is 3.30. The molecule has 0 bridgehead atoms. The Labute approximate surface area is 170 Å². The molecule has 150 valence electrons. The molecule has 0 atom stereocenters. The van der Waals surface area contributed by atoms with Crippen LogP contribution in [0.3, 0.4) is 0 Å². The van der Waals surface area contributed by atoms with Gasteiger partial charge in [-0.3, -0.25) is 4.79 Å². The van der Waals surface area contributed by atoms with Crippen molar-refractivity contribution >= 4 is 23.3 Å². The van der Waals surface area contributed by atoms with Gasteiger partial charge in [-0.25, -0.2) is 0 Å². The zero-order valence-corrected chi connectivity index (χ0v) is 17.0. The van der Waals surface area contributed by atoms with Crippen molar-refractivity contribution in [2.75, 3.05) is 25.5 Å². The third-order valence-corrected chi connectivity index (χ3v) is 5.26. The van der Waals surface area contributed by atoms with Crippen molar-refractivity contribution in [1.82, 2.24) is 10.3 Å². The first-order chi connectivity index (χ1) is 13.4. The zero-order chi connectivity index (χ0) is 20.1. The molecule has 28 heavy (non-hydrogen) atoms. The van der Waals surface area contributed by atoms with Crippen LogP contribution in [0.4, 0.5) is 5.82 Å². The van der Waals surface area contributed by atoms with Crippen molar-refractivity contribution in [3.8, 4) is 11.6 Å². The SMILES string of the molecule is CN(C)c1cccc(Oc2ccc(Cl)c(C(=O)NCC3(O)CCCCC3)c2)n1. The van der Waals surface area contributed by atoms with E-state index in [2.05, 4.69) is 10.3 Å². The fourth-order valence-corrected chi connectivity index (χ4v) is 3.50. The summed E-state index contributed by atoms with van der Waals surface area (Å²) in [6.07, 6.45) is 4.51. The normalized spacial score (nSPS) is 15.7. The van der Waals surface area contributed by atoms with Crippen molar-refractivity contribution in [3.63, 3.8) is 0 Å². The lowest BCUT2D eigenvalue weighted by Crippen LogP contribution is -2.44. The largest absolute Gasteiger partial charge is 0.439 e. The molecule has 6 nitrogen and oxygen atoms in total. The molecular weight excluding hydrogens is 378 g/mol. The lowest BCUT2D eigenvalue weighted by atomic mass is 9.85. The van der Waals surface area contributed by atoms with Gasteiger partial charge in [-0.2, -0.15) is 4.98 Å². The summed E-state index contributed by atoms with van der Waals surface area (Å²) < 4.78 is 5.80. The van der Waals surface area contributed by atoms with E-state index in [1.54, 1.807) is 24.3 Å². The summed E-state index contributed by atoms with van der Waals surface area (Å²) in [4.78, 5) is 18.9. The van der Waals surface area contributed by atoms with E-state index < -0.39 is 5.60 Å². The number of hydrogen-bond acceptors (Lipinski definition) is 5. The molecule has 0 aliphatic heterocycles. The third-order valence-electron chi connectivity index (χ3n) is 4.93. The van der Waals surface area contributed by atoms with E-state index in [4.69, 9.17) is 16.3 Å². The minimum Gasteiger partial charge on any atom is -0.439 e. The van der Waals surface area contributed by atoms with Crippen molar-refractivity contribution in [3.05, 3.63) is 47.0 Å². The van der Waals surface area contributed by atoms with Crippen LogP contribution in [0.15, 0.2) is 36.4 Å². The summed E-state index contributed by atoms with van der Waals surface area (Å²) in [5.41, 5.74) is -0.521. The summed E-state index contributed by atoms with van der Waals surface area (Å²) in [6, 6.07) is 10.4. The second-order valence-corrected chi connectivity index (χ2v) is 7.85. The first-order valence-corrected chi connectivity index (χ1v) is 9.86. The average Bonchev–Trinajstić information content (AvgIpc) is 2.68. The van der Waals surface area contributed by atoms with Crippen LogP contribution in [-0.4, -0.2) is 42.2 Å². The molecule has 1 heterocycles. The van der Waals surface area contributed by atoms with E-state index in [0.717, 1.165) is 25.1 Å². The zero-order valence-electron chi connectivity index (χ0n) is 16.2. The summed E-state index contributed by atoms with van der Waals surface area (Å²) in [7, 11) is 3.80. The number of aromatic nitrogens is 1. The molecule has 3 rings (SSSR count). The van der Waals surface area contributed by atoms with Crippen LogP contribution in [0.1, 0.15) is 42.5 Å². The van der Waals surface area contributed by atoms with E-state index in [9.17, 15) is 9.90 Å². The average molecular weight is 404 g/mol. The molecule has 1 fully saturated rings. The molecule has 2 aromatic rings. The van der Waals surface area contributed by atoms with Crippen molar-refractivity contribution in [1.29, 1.82) is 0 Å². The van der Waals surface area contributed by atoms with Crippen LogP contribution in [0, 0.1) is 0 Å². The van der Waals surface area contributed by atoms with E-state index >= 15 is 0 Å². The lowest BCUT2D eigenvalue weighted by molar-refractivity contribution is 0.00526. The van der Waals surface area contributed by atoms with Gasteiger partial charge in [-0.1, -0.05) is 36.9 Å². The standard InChI is InChI=1S/C21H26ClN3O3/c1-25(2)18-7-6-8-19(24-18)28-15-9-10-17(22)16(13-15)20(26)23-14-21(27)11-4-3-5-12-21/h6-10,13,27H,3-5,11-12,14H2,1-2H3,(H,23,26). The number of amides is 1. The summed E-state index contributed by atoms with van der Waals surface area (Å²) in [6.45, 7) is 0.222. The molecule has 0 spiro atoms. The molecule has 1 aromatic carbocycles. The predicted octanol–water partition coefficient (Wildman–Crippen LogP) is 4.02. The number of aliphatic hydroxyl groups is 1. The second kappa shape index (κ2) is 8.80. The highest BCUT2D eigenvalue weighted by Crippen LogP contribution is 2.29. The minimum absolute atomic E-state index is 0.222. The minimum atomic E-state index is -0.828. The molecule has 0 saturated heterocycles. The van der Waals surface area contributed by atoms with Gasteiger partial charge in [-0.15, -0.1) is 0 Å². The van der Waals surface area contributed by atoms with Gasteiger partial charge in [0.1, 0.15) is 11.6 Å². The molecule has 1 saturated carbocycles. The first kappa shape index (κ1) is 20.4. The molecule has 1 amide bonds. The number of halogens is 1. The van der Waals surface area contributed by atoms with Crippen LogP contribution < -0.4 is 15.0 Å². The van der Waals surface area contributed by atoms with Crippen LogP contribution in [0.2, 0.25) is 5.02 Å². The first-order valence-electron chi connectivity index (χ1n) is 9.49. The Kier molecular flexibility index (Phi) is 6.42. The number of ether oxygens (including phenoxy) is 1. The second-order valence-electron chi connectivity index (χ2n) is 7.44. The van der Waals surface area contributed by atoms with Crippen LogP contribution in [-0.2, 0) is 0 Å². The molecule has 1 aliphatic carbocycles. The number of anilines is 1. The number of hydrogen-bond donors (Lipinski definition) is 2. The van der Waals surface area contributed by atoms with Crippen LogP contribution in [0.25, 0.3) is 0 Å². The molecular formula is C21H26ClN3O3.